The molecule has 0 aliphatic heterocycles. The van der Waals surface area contributed by atoms with E-state index in [0.29, 0.717) is 29.6 Å². The Morgan fingerprint density at radius 2 is 1.94 bits per heavy atom. The molecule has 0 aromatic carbocycles. The molecule has 1 amide bonds. The molecule has 0 heterocycles. The Morgan fingerprint density at radius 3 is 2.74 bits per heavy atom. The number of fused-ring (bicyclic) bond motifs is 3. The van der Waals surface area contributed by atoms with Gasteiger partial charge in [-0.3, -0.25) is 4.79 Å². The Bertz CT molecular complexity index is 723. The summed E-state index contributed by atoms with van der Waals surface area (Å²) in [6.07, 6.45) is 12.9. The highest BCUT2D eigenvalue weighted by Gasteiger charge is 2.62. The number of nitrogens with one attached hydrogen (secondary N) is 2. The first-order valence-electron chi connectivity index (χ1n) is 13.1. The highest BCUT2D eigenvalue weighted by atomic mass is 16.6. The summed E-state index contributed by atoms with van der Waals surface area (Å²) in [6, 6.07) is 0. The molecule has 5 nitrogen and oxygen atoms in total. The van der Waals surface area contributed by atoms with E-state index < -0.39 is 0 Å². The molecule has 0 aromatic heterocycles. The van der Waals surface area contributed by atoms with E-state index in [1.54, 1.807) is 0 Å². The molecule has 5 heteroatoms. The summed E-state index contributed by atoms with van der Waals surface area (Å²) >= 11 is 0. The fraction of sp³-hybridized carbons (Fsp3) is 0.923. The molecule has 2 bridgehead atoms. The fourth-order valence-electron chi connectivity index (χ4n) is 9.24. The van der Waals surface area contributed by atoms with Gasteiger partial charge in [0.05, 0.1) is 27.2 Å². The molecule has 8 atom stereocenters. The van der Waals surface area contributed by atoms with E-state index in [1.165, 1.54) is 43.4 Å². The maximum Gasteiger partial charge on any atom is 0.407 e. The van der Waals surface area contributed by atoms with Gasteiger partial charge in [0.15, 0.2) is 0 Å². The number of hydrogen-bond donors (Lipinski definition) is 2. The Labute approximate surface area is 188 Å². The van der Waals surface area contributed by atoms with Gasteiger partial charge in [0.1, 0.15) is 11.9 Å². The first kappa shape index (κ1) is 21.7. The lowest BCUT2D eigenvalue weighted by atomic mass is 9.41. The van der Waals surface area contributed by atoms with E-state index in [-0.39, 0.29) is 17.6 Å². The Kier molecular flexibility index (Phi) is 5.64. The van der Waals surface area contributed by atoms with Gasteiger partial charge in [-0.25, -0.2) is 4.79 Å². The normalized spacial score (nSPS) is 46.1. The zero-order valence-electron chi connectivity index (χ0n) is 19.9. The van der Waals surface area contributed by atoms with Crippen LogP contribution in [0.3, 0.4) is 0 Å². The smallest absolute Gasteiger partial charge is 0.407 e. The van der Waals surface area contributed by atoms with Gasteiger partial charge >= 0.3 is 6.09 Å². The predicted molar refractivity (Wildman–Crippen MR) is 120 cm³/mol. The molecule has 31 heavy (non-hydrogen) atoms. The van der Waals surface area contributed by atoms with Crippen LogP contribution in [0.2, 0.25) is 0 Å². The van der Waals surface area contributed by atoms with Crippen molar-refractivity contribution in [2.45, 2.75) is 83.7 Å². The molecular weight excluding hydrogens is 388 g/mol. The van der Waals surface area contributed by atoms with Crippen molar-refractivity contribution < 1.29 is 19.2 Å². The van der Waals surface area contributed by atoms with Crippen molar-refractivity contribution in [3.8, 4) is 0 Å². The summed E-state index contributed by atoms with van der Waals surface area (Å²) in [5.41, 5.74) is 0.366. The number of carbonyl (C=O) groups excluding carboxylic acids is 2. The van der Waals surface area contributed by atoms with Crippen LogP contribution in [0.4, 0.5) is 4.79 Å². The van der Waals surface area contributed by atoms with E-state index >= 15 is 0 Å². The average molecular weight is 432 g/mol. The summed E-state index contributed by atoms with van der Waals surface area (Å²) in [5.74, 6) is 4.27. The highest BCUT2D eigenvalue weighted by molar-refractivity contribution is 5.87. The Hall–Kier alpha value is -1.10. The number of ketones is 1. The molecule has 0 spiro atoms. The molecule has 2 N–H and O–H groups in total. The largest absolute Gasteiger partial charge is 0.446 e. The zero-order chi connectivity index (χ0) is 21.8. The highest BCUT2D eigenvalue weighted by Crippen LogP contribution is 2.68. The van der Waals surface area contributed by atoms with E-state index in [2.05, 4.69) is 26.3 Å². The van der Waals surface area contributed by atoms with Crippen LogP contribution >= 0.6 is 0 Å². The number of Topliss-reactive ketones (excluding diaryl/α,β-unsaturated/α-hetero) is 1. The summed E-state index contributed by atoms with van der Waals surface area (Å²) in [7, 11) is 4.20. The fourth-order valence-corrected chi connectivity index (χ4v) is 9.24. The third kappa shape index (κ3) is 3.63. The van der Waals surface area contributed by atoms with E-state index in [1.807, 2.05) is 0 Å². The number of alkyl carbamates (subject to hydrolysis) is 1. The van der Waals surface area contributed by atoms with Crippen molar-refractivity contribution in [1.29, 1.82) is 0 Å². The third-order valence-electron chi connectivity index (χ3n) is 10.5. The van der Waals surface area contributed by atoms with Gasteiger partial charge in [0.2, 0.25) is 0 Å². The van der Waals surface area contributed by atoms with Crippen LogP contribution in [0, 0.1) is 40.4 Å². The molecule has 5 fully saturated rings. The van der Waals surface area contributed by atoms with Crippen molar-refractivity contribution in [1.82, 2.24) is 5.32 Å². The predicted octanol–water partition coefficient (Wildman–Crippen LogP) is 3.23. The van der Waals surface area contributed by atoms with Gasteiger partial charge in [-0.05, 0) is 92.8 Å². The topological polar surface area (TPSA) is 59.8 Å². The van der Waals surface area contributed by atoms with Gasteiger partial charge in [0, 0.05) is 11.8 Å². The number of amides is 1. The number of hydrogen-bond acceptors (Lipinski definition) is 3. The second-order valence-electron chi connectivity index (χ2n) is 12.3. The second-order valence-corrected chi connectivity index (χ2v) is 12.3. The van der Waals surface area contributed by atoms with Crippen LogP contribution in [-0.2, 0) is 9.53 Å². The first-order valence-corrected chi connectivity index (χ1v) is 13.1. The standard InChI is InChI=1S/C26H42N2O3/c1-25-11-8-20-19(21(25)6-7-22(25)29)9-12-26-10-4-5-17(23(20)26)15-18(16-26)31-24(30)27-13-14-28(2)3/h17-21,23H,4-16H2,1-3H3,(H,27,30)/p+1. The minimum atomic E-state index is -0.217. The van der Waals surface area contributed by atoms with Gasteiger partial charge < -0.3 is 15.0 Å². The van der Waals surface area contributed by atoms with Crippen molar-refractivity contribution in [2.75, 3.05) is 27.2 Å². The molecule has 5 rings (SSSR count). The van der Waals surface area contributed by atoms with Crippen LogP contribution < -0.4 is 10.2 Å². The third-order valence-corrected chi connectivity index (χ3v) is 10.5. The maximum absolute atomic E-state index is 12.7. The lowest BCUT2D eigenvalue weighted by molar-refractivity contribution is -0.856. The number of quaternary nitrogens is 1. The summed E-state index contributed by atoms with van der Waals surface area (Å²) in [5, 5.41) is 2.96. The quantitative estimate of drug-likeness (QED) is 0.719. The Morgan fingerprint density at radius 1 is 1.13 bits per heavy atom. The van der Waals surface area contributed by atoms with Gasteiger partial charge in [0.25, 0.3) is 0 Å². The van der Waals surface area contributed by atoms with E-state index in [0.717, 1.165) is 56.4 Å². The lowest BCUT2D eigenvalue weighted by Gasteiger charge is -2.64. The van der Waals surface area contributed by atoms with Crippen molar-refractivity contribution >= 4 is 11.9 Å². The lowest BCUT2D eigenvalue weighted by Crippen LogP contribution is -3.06. The van der Waals surface area contributed by atoms with Crippen molar-refractivity contribution in [2.24, 2.45) is 40.4 Å². The molecule has 5 aliphatic rings. The number of ether oxygens (including phenoxy) is 1. The second kappa shape index (κ2) is 8.04. The van der Waals surface area contributed by atoms with Crippen molar-refractivity contribution in [3.05, 3.63) is 0 Å². The van der Waals surface area contributed by atoms with Crippen LogP contribution in [0.1, 0.15) is 77.6 Å². The summed E-state index contributed by atoms with van der Waals surface area (Å²) in [4.78, 5) is 26.4. The molecular formula is C26H43N2O3+. The van der Waals surface area contributed by atoms with Gasteiger partial charge in [-0.2, -0.15) is 0 Å². The molecule has 0 radical (unpaired) electrons. The number of rotatable bonds is 4. The number of carbonyl (C=O) groups is 2. The average Bonchev–Trinajstić information content (AvgIpc) is 3.01. The number of likely N-dealkylation sites (N-methyl/N-ethyl adjacent to an activating group) is 1. The van der Waals surface area contributed by atoms with E-state index in [4.69, 9.17) is 4.74 Å². The van der Waals surface area contributed by atoms with Crippen molar-refractivity contribution in [3.63, 3.8) is 0 Å². The van der Waals surface area contributed by atoms with Gasteiger partial charge in [-0.1, -0.05) is 13.3 Å². The SMILES string of the molecule is C[NH+](C)CCNC(=O)OC1CC2CCCC3(CCC4C(CCC5(C)C(=O)CCC45)C23)C1. The summed E-state index contributed by atoms with van der Waals surface area (Å²) in [6.45, 7) is 3.88. The first-order chi connectivity index (χ1) is 14.8. The van der Waals surface area contributed by atoms with Crippen LogP contribution in [0.15, 0.2) is 0 Å². The van der Waals surface area contributed by atoms with Crippen LogP contribution in [0.25, 0.3) is 0 Å². The molecule has 174 valence electrons. The van der Waals surface area contributed by atoms with Crippen LogP contribution in [0.5, 0.6) is 0 Å². The van der Waals surface area contributed by atoms with Crippen LogP contribution in [-0.4, -0.2) is 45.2 Å². The summed E-state index contributed by atoms with van der Waals surface area (Å²) < 4.78 is 5.98. The zero-order valence-corrected chi connectivity index (χ0v) is 19.9. The molecule has 0 aromatic rings. The minimum Gasteiger partial charge on any atom is -0.446 e. The van der Waals surface area contributed by atoms with Gasteiger partial charge in [-0.15, -0.1) is 0 Å². The monoisotopic (exact) mass is 431 g/mol. The molecule has 8 unspecified atom stereocenters. The minimum absolute atomic E-state index is 0.0204. The molecule has 5 saturated carbocycles. The maximum atomic E-state index is 12.7. The molecule has 5 aliphatic carbocycles. The molecule has 0 saturated heterocycles. The Balaban J connectivity index is 1.28. The van der Waals surface area contributed by atoms with E-state index in [9.17, 15) is 9.59 Å².